The Balaban J connectivity index is 1.59. The van der Waals surface area contributed by atoms with Crippen molar-refractivity contribution in [3.63, 3.8) is 0 Å². The number of piperidine rings is 3. The van der Waals surface area contributed by atoms with Gasteiger partial charge in [0.15, 0.2) is 0 Å². The second kappa shape index (κ2) is 7.46. The molecule has 2 bridgehead atoms. The van der Waals surface area contributed by atoms with Crippen molar-refractivity contribution < 1.29 is 13.2 Å². The molecule has 144 valence electrons. The fourth-order valence-electron chi connectivity index (χ4n) is 4.61. The number of nitrogens with one attached hydrogen (secondary N) is 1. The van der Waals surface area contributed by atoms with E-state index in [0.29, 0.717) is 16.5 Å². The molecule has 0 aromatic heterocycles. The molecule has 0 amide bonds. The van der Waals surface area contributed by atoms with Crippen LogP contribution in [0.5, 0.6) is 0 Å². The predicted molar refractivity (Wildman–Crippen MR) is 101 cm³/mol. The van der Waals surface area contributed by atoms with Gasteiger partial charge in [0, 0.05) is 17.6 Å². The second-order valence-electron chi connectivity index (χ2n) is 7.43. The fourth-order valence-corrected chi connectivity index (χ4v) is 4.81. The van der Waals surface area contributed by atoms with Crippen LogP contribution in [0.3, 0.4) is 0 Å². The highest BCUT2D eigenvalue weighted by atomic mass is 35.5. The average molecular weight is 395 g/mol. The number of hydrogen-bond donors (Lipinski definition) is 1. The molecule has 0 aliphatic carbocycles. The summed E-state index contributed by atoms with van der Waals surface area (Å²) < 4.78 is 39.9. The summed E-state index contributed by atoms with van der Waals surface area (Å²) in [5.41, 5.74) is 0.873. The molecule has 1 N–H and O–H groups in total. The zero-order valence-electron chi connectivity index (χ0n) is 14.8. The molecule has 6 heteroatoms. The van der Waals surface area contributed by atoms with Gasteiger partial charge in [-0.25, -0.2) is 0 Å². The van der Waals surface area contributed by atoms with E-state index in [1.165, 1.54) is 6.07 Å². The van der Waals surface area contributed by atoms with Crippen LogP contribution in [0, 0.1) is 5.92 Å². The van der Waals surface area contributed by atoms with E-state index in [1.807, 2.05) is 18.2 Å². The van der Waals surface area contributed by atoms with E-state index in [4.69, 9.17) is 11.6 Å². The first-order valence-electron chi connectivity index (χ1n) is 9.31. The first kappa shape index (κ1) is 18.8. The molecule has 27 heavy (non-hydrogen) atoms. The first-order valence-corrected chi connectivity index (χ1v) is 9.69. The Morgan fingerprint density at radius 1 is 1.04 bits per heavy atom. The predicted octanol–water partition coefficient (Wildman–Crippen LogP) is 5.28. The average Bonchev–Trinajstić information content (AvgIpc) is 2.66. The number of fused-ring (bicyclic) bond motifs is 3. The SMILES string of the molecule is FC(F)(F)c1ccccc1CNC1C2CCN(CC2)C1c1cccc(Cl)c1. The maximum absolute atomic E-state index is 13.3. The lowest BCUT2D eigenvalue weighted by molar-refractivity contribution is -0.138. The van der Waals surface area contributed by atoms with Gasteiger partial charge >= 0.3 is 6.18 Å². The largest absolute Gasteiger partial charge is 0.416 e. The molecule has 2 nitrogen and oxygen atoms in total. The van der Waals surface area contributed by atoms with E-state index >= 15 is 0 Å². The van der Waals surface area contributed by atoms with Gasteiger partial charge in [0.25, 0.3) is 0 Å². The summed E-state index contributed by atoms with van der Waals surface area (Å²) in [6.45, 7) is 2.26. The summed E-state index contributed by atoms with van der Waals surface area (Å²) in [6, 6.07) is 13.9. The highest BCUT2D eigenvalue weighted by Crippen LogP contribution is 2.41. The smallest absolute Gasteiger partial charge is 0.308 e. The first-order chi connectivity index (χ1) is 12.9. The van der Waals surface area contributed by atoms with Gasteiger partial charge in [-0.05, 0) is 61.2 Å². The summed E-state index contributed by atoms with van der Waals surface area (Å²) in [5, 5.41) is 4.16. The van der Waals surface area contributed by atoms with E-state index in [0.717, 1.165) is 37.6 Å². The van der Waals surface area contributed by atoms with Crippen LogP contribution in [-0.4, -0.2) is 24.0 Å². The highest BCUT2D eigenvalue weighted by molar-refractivity contribution is 6.30. The van der Waals surface area contributed by atoms with Crippen molar-refractivity contribution in [2.24, 2.45) is 5.92 Å². The molecule has 3 aliphatic heterocycles. The number of halogens is 4. The van der Waals surface area contributed by atoms with E-state index in [-0.39, 0.29) is 18.6 Å². The van der Waals surface area contributed by atoms with Crippen LogP contribution in [0.2, 0.25) is 5.02 Å². The lowest BCUT2D eigenvalue weighted by Gasteiger charge is -2.51. The number of nitrogens with zero attached hydrogens (tertiary/aromatic N) is 1. The van der Waals surface area contributed by atoms with Crippen molar-refractivity contribution in [3.8, 4) is 0 Å². The van der Waals surface area contributed by atoms with Crippen molar-refractivity contribution in [1.29, 1.82) is 0 Å². The van der Waals surface area contributed by atoms with Crippen molar-refractivity contribution in [3.05, 3.63) is 70.2 Å². The van der Waals surface area contributed by atoms with Crippen molar-refractivity contribution in [1.82, 2.24) is 10.2 Å². The minimum atomic E-state index is -4.33. The van der Waals surface area contributed by atoms with Gasteiger partial charge in [0.05, 0.1) is 11.6 Å². The van der Waals surface area contributed by atoms with Crippen LogP contribution in [0.1, 0.15) is 35.6 Å². The molecule has 3 fully saturated rings. The quantitative estimate of drug-likeness (QED) is 0.758. The van der Waals surface area contributed by atoms with Gasteiger partial charge in [-0.15, -0.1) is 0 Å². The minimum Gasteiger partial charge on any atom is -0.308 e. The monoisotopic (exact) mass is 394 g/mol. The highest BCUT2D eigenvalue weighted by Gasteiger charge is 2.43. The van der Waals surface area contributed by atoms with Crippen LogP contribution in [0.15, 0.2) is 48.5 Å². The Morgan fingerprint density at radius 2 is 1.78 bits per heavy atom. The number of rotatable bonds is 4. The molecule has 2 atom stereocenters. The van der Waals surface area contributed by atoms with E-state index in [9.17, 15) is 13.2 Å². The fraction of sp³-hybridized carbons (Fsp3) is 0.429. The lowest BCUT2D eigenvalue weighted by Crippen LogP contribution is -2.57. The van der Waals surface area contributed by atoms with Crippen LogP contribution >= 0.6 is 11.6 Å². The molecular weight excluding hydrogens is 373 g/mol. The van der Waals surface area contributed by atoms with Crippen LogP contribution in [0.25, 0.3) is 0 Å². The Labute approximate surface area is 162 Å². The van der Waals surface area contributed by atoms with Crippen molar-refractivity contribution in [2.75, 3.05) is 13.1 Å². The summed E-state index contributed by atoms with van der Waals surface area (Å²) in [6.07, 6.45) is -2.18. The Bertz CT molecular complexity index is 800. The van der Waals surface area contributed by atoms with E-state index in [1.54, 1.807) is 12.1 Å². The molecule has 2 aromatic rings. The minimum absolute atomic E-state index is 0.118. The molecule has 3 heterocycles. The van der Waals surface area contributed by atoms with E-state index < -0.39 is 11.7 Å². The molecule has 5 rings (SSSR count). The van der Waals surface area contributed by atoms with E-state index in [2.05, 4.69) is 16.3 Å². The molecule has 0 saturated carbocycles. The lowest BCUT2D eigenvalue weighted by atomic mass is 9.76. The Kier molecular flexibility index (Phi) is 5.19. The molecular formula is C21H22ClF3N2. The Hall–Kier alpha value is -1.56. The topological polar surface area (TPSA) is 15.3 Å². The standard InChI is InChI=1S/C21H22ClF3N2/c22-17-6-3-5-15(12-17)20-19(14-8-10-27(20)11-9-14)26-13-16-4-1-2-7-18(16)21(23,24)25/h1-7,12,14,19-20,26H,8-11,13H2. The van der Waals surface area contributed by atoms with Crippen LogP contribution < -0.4 is 5.32 Å². The van der Waals surface area contributed by atoms with Gasteiger partial charge in [-0.2, -0.15) is 13.2 Å². The number of benzene rings is 2. The van der Waals surface area contributed by atoms with Crippen LogP contribution in [0.4, 0.5) is 13.2 Å². The molecule has 3 aliphatic rings. The molecule has 0 radical (unpaired) electrons. The zero-order valence-corrected chi connectivity index (χ0v) is 15.6. The van der Waals surface area contributed by atoms with Gasteiger partial charge in [-0.3, -0.25) is 4.90 Å². The molecule has 2 aromatic carbocycles. The summed E-state index contributed by atoms with van der Waals surface area (Å²) >= 11 is 6.19. The van der Waals surface area contributed by atoms with Gasteiger partial charge < -0.3 is 5.32 Å². The maximum Gasteiger partial charge on any atom is 0.416 e. The third-order valence-corrected chi connectivity index (χ3v) is 6.09. The second-order valence-corrected chi connectivity index (χ2v) is 7.87. The molecule has 0 spiro atoms. The third-order valence-electron chi connectivity index (χ3n) is 5.86. The number of hydrogen-bond acceptors (Lipinski definition) is 2. The van der Waals surface area contributed by atoms with Crippen molar-refractivity contribution in [2.45, 2.75) is 37.6 Å². The Morgan fingerprint density at radius 3 is 2.48 bits per heavy atom. The third kappa shape index (κ3) is 3.86. The number of alkyl halides is 3. The summed E-state index contributed by atoms with van der Waals surface area (Å²) in [4.78, 5) is 2.43. The van der Waals surface area contributed by atoms with Crippen LogP contribution in [-0.2, 0) is 12.7 Å². The van der Waals surface area contributed by atoms with Gasteiger partial charge in [0.1, 0.15) is 0 Å². The zero-order chi connectivity index (χ0) is 19.0. The maximum atomic E-state index is 13.3. The molecule has 2 unspecified atom stereocenters. The summed E-state index contributed by atoms with van der Waals surface area (Å²) in [5.74, 6) is 0.469. The normalized spacial score (nSPS) is 27.7. The van der Waals surface area contributed by atoms with Gasteiger partial charge in [0.2, 0.25) is 0 Å². The molecule has 3 saturated heterocycles. The summed E-state index contributed by atoms with van der Waals surface area (Å²) in [7, 11) is 0. The van der Waals surface area contributed by atoms with Gasteiger partial charge in [-0.1, -0.05) is 41.9 Å². The van der Waals surface area contributed by atoms with Crippen molar-refractivity contribution >= 4 is 11.6 Å².